The SMILES string of the molecule is FC(F)(F)c1cccc(CN2CCC[C@H]2c2cnccn2)c1. The third kappa shape index (κ3) is 3.27. The van der Waals surface area contributed by atoms with E-state index in [4.69, 9.17) is 0 Å². The molecule has 6 heteroatoms. The summed E-state index contributed by atoms with van der Waals surface area (Å²) in [6, 6.07) is 5.66. The number of rotatable bonds is 3. The smallest absolute Gasteiger partial charge is 0.290 e. The number of likely N-dealkylation sites (tertiary alicyclic amines) is 1. The molecule has 116 valence electrons. The summed E-state index contributed by atoms with van der Waals surface area (Å²) in [5, 5.41) is 0. The van der Waals surface area contributed by atoms with Gasteiger partial charge >= 0.3 is 6.18 Å². The van der Waals surface area contributed by atoms with E-state index < -0.39 is 11.7 Å². The summed E-state index contributed by atoms with van der Waals surface area (Å²) >= 11 is 0. The van der Waals surface area contributed by atoms with Crippen LogP contribution in [0, 0.1) is 0 Å². The maximum absolute atomic E-state index is 12.8. The Morgan fingerprint density at radius 3 is 2.82 bits per heavy atom. The zero-order valence-electron chi connectivity index (χ0n) is 11.9. The summed E-state index contributed by atoms with van der Waals surface area (Å²) in [4.78, 5) is 10.6. The second-order valence-electron chi connectivity index (χ2n) is 5.46. The highest BCUT2D eigenvalue weighted by Crippen LogP contribution is 2.33. The normalized spacial score (nSPS) is 19.5. The number of nitrogens with zero attached hydrogens (tertiary/aromatic N) is 3. The Kier molecular flexibility index (Phi) is 4.11. The van der Waals surface area contributed by atoms with Crippen molar-refractivity contribution < 1.29 is 13.2 Å². The molecule has 2 aromatic rings. The second-order valence-corrected chi connectivity index (χ2v) is 5.46. The lowest BCUT2D eigenvalue weighted by molar-refractivity contribution is -0.137. The lowest BCUT2D eigenvalue weighted by Gasteiger charge is -2.24. The molecule has 0 N–H and O–H groups in total. The van der Waals surface area contributed by atoms with E-state index in [9.17, 15) is 13.2 Å². The lowest BCUT2D eigenvalue weighted by Crippen LogP contribution is -2.23. The molecule has 3 nitrogen and oxygen atoms in total. The first kappa shape index (κ1) is 15.0. The number of aromatic nitrogens is 2. The van der Waals surface area contributed by atoms with E-state index >= 15 is 0 Å². The summed E-state index contributed by atoms with van der Waals surface area (Å²) in [7, 11) is 0. The Bertz CT molecular complexity index is 628. The van der Waals surface area contributed by atoms with Crippen LogP contribution in [0.4, 0.5) is 13.2 Å². The van der Waals surface area contributed by atoms with Crippen LogP contribution in [0.3, 0.4) is 0 Å². The number of alkyl halides is 3. The van der Waals surface area contributed by atoms with Crippen LogP contribution in [0.5, 0.6) is 0 Å². The molecule has 2 heterocycles. The van der Waals surface area contributed by atoms with Gasteiger partial charge < -0.3 is 0 Å². The monoisotopic (exact) mass is 307 g/mol. The van der Waals surface area contributed by atoms with Crippen molar-refractivity contribution in [2.24, 2.45) is 0 Å². The van der Waals surface area contributed by atoms with Crippen LogP contribution in [0.15, 0.2) is 42.9 Å². The van der Waals surface area contributed by atoms with E-state index in [1.165, 1.54) is 12.1 Å². The molecule has 0 saturated carbocycles. The minimum absolute atomic E-state index is 0.128. The lowest BCUT2D eigenvalue weighted by atomic mass is 10.1. The molecule has 0 radical (unpaired) electrons. The van der Waals surface area contributed by atoms with Gasteiger partial charge in [-0.2, -0.15) is 13.2 Å². The summed E-state index contributed by atoms with van der Waals surface area (Å²) < 4.78 is 38.4. The third-order valence-electron chi connectivity index (χ3n) is 3.93. The Labute approximate surface area is 126 Å². The van der Waals surface area contributed by atoms with Crippen LogP contribution in [0.25, 0.3) is 0 Å². The fourth-order valence-electron chi connectivity index (χ4n) is 2.91. The van der Waals surface area contributed by atoms with E-state index in [2.05, 4.69) is 14.9 Å². The molecule has 22 heavy (non-hydrogen) atoms. The van der Waals surface area contributed by atoms with E-state index in [0.717, 1.165) is 31.1 Å². The van der Waals surface area contributed by atoms with Crippen LogP contribution in [-0.4, -0.2) is 21.4 Å². The molecule has 1 aromatic heterocycles. The van der Waals surface area contributed by atoms with Crippen molar-refractivity contribution in [3.63, 3.8) is 0 Å². The van der Waals surface area contributed by atoms with Gasteiger partial charge in [0.15, 0.2) is 0 Å². The summed E-state index contributed by atoms with van der Waals surface area (Å²) in [6.07, 6.45) is 2.67. The average Bonchev–Trinajstić information content (AvgIpc) is 2.96. The van der Waals surface area contributed by atoms with E-state index in [-0.39, 0.29) is 6.04 Å². The number of halogens is 3. The highest BCUT2D eigenvalue weighted by Gasteiger charge is 2.31. The summed E-state index contributed by atoms with van der Waals surface area (Å²) in [5.74, 6) is 0. The Morgan fingerprint density at radius 2 is 2.09 bits per heavy atom. The highest BCUT2D eigenvalue weighted by atomic mass is 19.4. The molecule has 1 atom stereocenters. The van der Waals surface area contributed by atoms with Crippen molar-refractivity contribution in [1.82, 2.24) is 14.9 Å². The zero-order valence-corrected chi connectivity index (χ0v) is 11.9. The van der Waals surface area contributed by atoms with Crippen LogP contribution in [0.2, 0.25) is 0 Å². The zero-order chi connectivity index (χ0) is 15.6. The van der Waals surface area contributed by atoms with Crippen molar-refractivity contribution >= 4 is 0 Å². The van der Waals surface area contributed by atoms with Gasteiger partial charge in [-0.1, -0.05) is 18.2 Å². The maximum atomic E-state index is 12.8. The number of hydrogen-bond acceptors (Lipinski definition) is 3. The number of hydrogen-bond donors (Lipinski definition) is 0. The Hall–Kier alpha value is -1.95. The van der Waals surface area contributed by atoms with Crippen molar-refractivity contribution in [2.75, 3.05) is 6.54 Å². The second kappa shape index (κ2) is 6.04. The van der Waals surface area contributed by atoms with Crippen LogP contribution < -0.4 is 0 Å². The van der Waals surface area contributed by atoms with Crippen molar-refractivity contribution in [3.8, 4) is 0 Å². The largest absolute Gasteiger partial charge is 0.416 e. The van der Waals surface area contributed by atoms with E-state index in [1.54, 1.807) is 24.7 Å². The predicted octanol–water partition coefficient (Wildman–Crippen LogP) is 3.83. The van der Waals surface area contributed by atoms with Crippen molar-refractivity contribution in [1.29, 1.82) is 0 Å². The van der Waals surface area contributed by atoms with Crippen molar-refractivity contribution in [3.05, 3.63) is 59.7 Å². The summed E-state index contributed by atoms with van der Waals surface area (Å²) in [6.45, 7) is 1.35. The van der Waals surface area contributed by atoms with Crippen molar-refractivity contribution in [2.45, 2.75) is 31.6 Å². The molecule has 1 aliphatic rings. The minimum Gasteiger partial charge on any atom is -0.290 e. The Morgan fingerprint density at radius 1 is 1.23 bits per heavy atom. The van der Waals surface area contributed by atoms with Gasteiger partial charge in [0.25, 0.3) is 0 Å². The fourth-order valence-corrected chi connectivity index (χ4v) is 2.91. The Balaban J connectivity index is 1.78. The number of benzene rings is 1. The highest BCUT2D eigenvalue weighted by molar-refractivity contribution is 5.26. The fraction of sp³-hybridized carbons (Fsp3) is 0.375. The first-order chi connectivity index (χ1) is 10.5. The van der Waals surface area contributed by atoms with E-state index in [1.807, 2.05) is 0 Å². The summed E-state index contributed by atoms with van der Waals surface area (Å²) in [5.41, 5.74) is 0.956. The molecular formula is C16H16F3N3. The first-order valence-electron chi connectivity index (χ1n) is 7.20. The minimum atomic E-state index is -4.30. The predicted molar refractivity (Wildman–Crippen MR) is 75.9 cm³/mol. The topological polar surface area (TPSA) is 29.0 Å². The van der Waals surface area contributed by atoms with Gasteiger partial charge in [0.05, 0.1) is 17.3 Å². The van der Waals surface area contributed by atoms with Gasteiger partial charge in [0.2, 0.25) is 0 Å². The van der Waals surface area contributed by atoms with Gasteiger partial charge in [-0.15, -0.1) is 0 Å². The van der Waals surface area contributed by atoms with Gasteiger partial charge in [-0.25, -0.2) is 0 Å². The molecule has 1 aromatic carbocycles. The molecule has 0 bridgehead atoms. The molecule has 0 amide bonds. The molecule has 1 aliphatic heterocycles. The van der Waals surface area contributed by atoms with Crippen LogP contribution in [0.1, 0.15) is 35.7 Å². The molecule has 0 aliphatic carbocycles. The third-order valence-corrected chi connectivity index (χ3v) is 3.93. The van der Waals surface area contributed by atoms with E-state index in [0.29, 0.717) is 12.1 Å². The molecule has 1 fully saturated rings. The van der Waals surface area contributed by atoms with Crippen LogP contribution in [-0.2, 0) is 12.7 Å². The molecule has 3 rings (SSSR count). The molecule has 0 unspecified atom stereocenters. The van der Waals surface area contributed by atoms with Gasteiger partial charge in [0, 0.05) is 25.1 Å². The van der Waals surface area contributed by atoms with Gasteiger partial charge in [-0.05, 0) is 31.0 Å². The molecule has 0 spiro atoms. The molecular weight excluding hydrogens is 291 g/mol. The van der Waals surface area contributed by atoms with Crippen LogP contribution >= 0.6 is 0 Å². The maximum Gasteiger partial charge on any atom is 0.416 e. The van der Waals surface area contributed by atoms with Gasteiger partial charge in [-0.3, -0.25) is 14.9 Å². The average molecular weight is 307 g/mol. The van der Waals surface area contributed by atoms with Gasteiger partial charge in [0.1, 0.15) is 0 Å². The quantitative estimate of drug-likeness (QED) is 0.863. The molecule has 1 saturated heterocycles. The first-order valence-corrected chi connectivity index (χ1v) is 7.20. The standard InChI is InChI=1S/C16H16F3N3/c17-16(18,19)13-4-1-3-12(9-13)11-22-8-2-5-15(22)14-10-20-6-7-21-14/h1,3-4,6-7,9-10,15H,2,5,8,11H2/t15-/m0/s1.